The summed E-state index contributed by atoms with van der Waals surface area (Å²) in [6.45, 7) is 5.41. The Morgan fingerprint density at radius 2 is 1.70 bits per heavy atom. The number of amides is 1. The van der Waals surface area contributed by atoms with Crippen LogP contribution in [-0.4, -0.2) is 26.4 Å². The average Bonchev–Trinajstić information content (AvgIpc) is 3.08. The lowest BCUT2D eigenvalue weighted by Crippen LogP contribution is -2.36. The molecule has 4 rings (SSSR count). The number of hydrogen-bond donors (Lipinski definition) is 0. The van der Waals surface area contributed by atoms with Gasteiger partial charge in [-0.15, -0.1) is 0 Å². The van der Waals surface area contributed by atoms with E-state index >= 15 is 0 Å². The predicted molar refractivity (Wildman–Crippen MR) is 110 cm³/mol. The Bertz CT molecular complexity index is 1050. The molecule has 2 aromatic carbocycles. The highest BCUT2D eigenvalue weighted by Gasteiger charge is 2.39. The van der Waals surface area contributed by atoms with Crippen molar-refractivity contribution in [2.75, 3.05) is 9.21 Å². The summed E-state index contributed by atoms with van der Waals surface area (Å²) in [5, 5.41) is 0. The quantitative estimate of drug-likeness (QED) is 0.699. The Labute approximate surface area is 168 Å². The second kappa shape index (κ2) is 6.34. The normalized spacial score (nSPS) is 21.3. The van der Waals surface area contributed by atoms with E-state index in [-0.39, 0.29) is 22.9 Å². The van der Waals surface area contributed by atoms with Crippen LogP contribution in [0.15, 0.2) is 45.8 Å². The van der Waals surface area contributed by atoms with Crippen LogP contribution in [0.5, 0.6) is 0 Å². The average molecular weight is 449 g/mol. The number of nitrogens with zero attached hydrogens (tertiary/aromatic N) is 2. The number of sulfonamides is 1. The van der Waals surface area contributed by atoms with Crippen molar-refractivity contribution in [3.8, 4) is 0 Å². The van der Waals surface area contributed by atoms with E-state index in [0.29, 0.717) is 16.6 Å². The third-order valence-electron chi connectivity index (χ3n) is 5.37. The summed E-state index contributed by atoms with van der Waals surface area (Å²) >= 11 is 3.46. The van der Waals surface area contributed by atoms with E-state index in [1.807, 2.05) is 44.2 Å². The lowest BCUT2D eigenvalue weighted by Gasteiger charge is -2.26. The monoisotopic (exact) mass is 448 g/mol. The lowest BCUT2D eigenvalue weighted by atomic mass is 10.1. The minimum Gasteiger partial charge on any atom is -0.309 e. The number of hydrogen-bond acceptors (Lipinski definition) is 3. The summed E-state index contributed by atoms with van der Waals surface area (Å²) in [6, 6.07) is 11.0. The zero-order valence-corrected chi connectivity index (χ0v) is 17.8. The van der Waals surface area contributed by atoms with Gasteiger partial charge in [0.15, 0.2) is 0 Å². The molecule has 0 N–H and O–H groups in total. The van der Waals surface area contributed by atoms with Gasteiger partial charge in [0.05, 0.1) is 5.69 Å². The molecule has 2 atom stereocenters. The molecular formula is C20H21BrN2O3S. The summed E-state index contributed by atoms with van der Waals surface area (Å²) in [4.78, 5) is 14.0. The molecule has 0 saturated carbocycles. The Morgan fingerprint density at radius 3 is 2.41 bits per heavy atom. The maximum atomic E-state index is 13.6. The summed E-state index contributed by atoms with van der Waals surface area (Å²) in [7, 11) is -3.77. The van der Waals surface area contributed by atoms with E-state index in [2.05, 4.69) is 15.9 Å². The summed E-state index contributed by atoms with van der Waals surface area (Å²) in [6.07, 6.45) is 1.41. The molecular weight excluding hydrogens is 428 g/mol. The molecule has 0 spiro atoms. The first-order valence-electron chi connectivity index (χ1n) is 8.96. The molecule has 0 radical (unpaired) electrons. The Hall–Kier alpha value is -1.86. The Balaban J connectivity index is 1.86. The molecule has 1 amide bonds. The summed E-state index contributed by atoms with van der Waals surface area (Å²) in [5.41, 5.74) is 3.44. The van der Waals surface area contributed by atoms with Crippen LogP contribution in [0.3, 0.4) is 0 Å². The third-order valence-corrected chi connectivity index (χ3v) is 8.26. The molecule has 0 aliphatic carbocycles. The van der Waals surface area contributed by atoms with Crippen LogP contribution in [0, 0.1) is 0 Å². The van der Waals surface area contributed by atoms with E-state index in [0.717, 1.165) is 23.2 Å². The third kappa shape index (κ3) is 2.79. The molecule has 0 bridgehead atoms. The largest absolute Gasteiger partial charge is 0.309 e. The number of rotatable bonds is 2. The van der Waals surface area contributed by atoms with E-state index in [9.17, 15) is 13.2 Å². The smallest absolute Gasteiger partial charge is 0.265 e. The first kappa shape index (κ1) is 18.5. The fraction of sp³-hybridized carbons (Fsp3) is 0.350. The van der Waals surface area contributed by atoms with E-state index in [4.69, 9.17) is 0 Å². The van der Waals surface area contributed by atoms with Crippen molar-refractivity contribution >= 4 is 43.2 Å². The van der Waals surface area contributed by atoms with E-state index in [1.165, 1.54) is 11.2 Å². The molecule has 0 unspecified atom stereocenters. The van der Waals surface area contributed by atoms with Crippen LogP contribution in [0.1, 0.15) is 31.9 Å². The standard InChI is InChI=1S/C20H21BrN2O3S/c1-12-8-16-10-17(21)20(11-19(16)22(12)14(3)24)27(25,26)23-13(2)9-15-6-4-5-7-18(15)23/h4-7,10-13H,8-9H2,1-3H3/t12-,13-/m1/s1. The highest BCUT2D eigenvalue weighted by Crippen LogP contribution is 2.42. The topological polar surface area (TPSA) is 57.7 Å². The Kier molecular flexibility index (Phi) is 4.35. The van der Waals surface area contributed by atoms with Gasteiger partial charge in [-0.05, 0) is 71.9 Å². The van der Waals surface area contributed by atoms with Gasteiger partial charge in [0.2, 0.25) is 5.91 Å². The summed E-state index contributed by atoms with van der Waals surface area (Å²) < 4.78 is 29.2. The maximum absolute atomic E-state index is 13.6. The van der Waals surface area contributed by atoms with Crippen LogP contribution in [0.2, 0.25) is 0 Å². The minimum atomic E-state index is -3.77. The minimum absolute atomic E-state index is 0.0220. The summed E-state index contributed by atoms with van der Waals surface area (Å²) in [5.74, 6) is -0.0770. The van der Waals surface area contributed by atoms with Crippen LogP contribution in [0.4, 0.5) is 11.4 Å². The number of benzene rings is 2. The Morgan fingerprint density at radius 1 is 1.04 bits per heavy atom. The van der Waals surface area contributed by atoms with Crippen molar-refractivity contribution in [2.45, 2.75) is 50.6 Å². The number of carbonyl (C=O) groups excluding carboxylic acids is 1. The molecule has 0 saturated heterocycles. The first-order chi connectivity index (χ1) is 12.7. The zero-order chi connectivity index (χ0) is 19.5. The fourth-order valence-electron chi connectivity index (χ4n) is 4.31. The van der Waals surface area contributed by atoms with Gasteiger partial charge in [0.1, 0.15) is 4.90 Å². The first-order valence-corrected chi connectivity index (χ1v) is 11.2. The molecule has 7 heteroatoms. The number of carbonyl (C=O) groups is 1. The number of para-hydroxylation sites is 1. The van der Waals surface area contributed by atoms with Crippen molar-refractivity contribution < 1.29 is 13.2 Å². The maximum Gasteiger partial charge on any atom is 0.265 e. The highest BCUT2D eigenvalue weighted by atomic mass is 79.9. The molecule has 0 fully saturated rings. The second-order valence-electron chi connectivity index (χ2n) is 7.34. The van der Waals surface area contributed by atoms with Gasteiger partial charge in [-0.2, -0.15) is 0 Å². The predicted octanol–water partition coefficient (Wildman–Crippen LogP) is 3.89. The van der Waals surface area contributed by atoms with Gasteiger partial charge in [0, 0.05) is 29.2 Å². The molecule has 0 aromatic heterocycles. The molecule has 2 aliphatic rings. The van der Waals surface area contributed by atoms with Gasteiger partial charge < -0.3 is 4.90 Å². The van der Waals surface area contributed by atoms with Crippen molar-refractivity contribution in [1.82, 2.24) is 0 Å². The van der Waals surface area contributed by atoms with E-state index < -0.39 is 10.0 Å². The number of halogens is 1. The van der Waals surface area contributed by atoms with Crippen LogP contribution < -0.4 is 9.21 Å². The van der Waals surface area contributed by atoms with Crippen LogP contribution in [-0.2, 0) is 27.7 Å². The van der Waals surface area contributed by atoms with Crippen molar-refractivity contribution in [1.29, 1.82) is 0 Å². The van der Waals surface area contributed by atoms with Gasteiger partial charge in [-0.1, -0.05) is 18.2 Å². The van der Waals surface area contributed by atoms with Crippen molar-refractivity contribution in [3.63, 3.8) is 0 Å². The van der Waals surface area contributed by atoms with E-state index in [1.54, 1.807) is 11.0 Å². The van der Waals surface area contributed by atoms with Crippen LogP contribution in [0.25, 0.3) is 0 Å². The van der Waals surface area contributed by atoms with Crippen molar-refractivity contribution in [3.05, 3.63) is 52.0 Å². The molecule has 2 aromatic rings. The zero-order valence-electron chi connectivity index (χ0n) is 15.4. The fourth-order valence-corrected chi connectivity index (χ4v) is 7.07. The van der Waals surface area contributed by atoms with Gasteiger partial charge >= 0.3 is 0 Å². The molecule has 2 aliphatic heterocycles. The number of fused-ring (bicyclic) bond motifs is 2. The van der Waals surface area contributed by atoms with Crippen LogP contribution >= 0.6 is 15.9 Å². The second-order valence-corrected chi connectivity index (χ2v) is 9.97. The lowest BCUT2D eigenvalue weighted by molar-refractivity contribution is -0.116. The van der Waals surface area contributed by atoms with Gasteiger partial charge in [-0.3, -0.25) is 9.10 Å². The molecule has 5 nitrogen and oxygen atoms in total. The highest BCUT2D eigenvalue weighted by molar-refractivity contribution is 9.10. The number of anilines is 2. The van der Waals surface area contributed by atoms with Crippen molar-refractivity contribution in [2.24, 2.45) is 0 Å². The molecule has 27 heavy (non-hydrogen) atoms. The van der Waals surface area contributed by atoms with Gasteiger partial charge in [-0.25, -0.2) is 8.42 Å². The molecule has 142 valence electrons. The van der Waals surface area contributed by atoms with Gasteiger partial charge in [0.25, 0.3) is 10.0 Å². The molecule has 2 heterocycles. The SMILES string of the molecule is CC(=O)N1c2cc(S(=O)(=O)N3c4ccccc4C[C@H]3C)c(Br)cc2C[C@H]1C.